The quantitative estimate of drug-likeness (QED) is 0.176. The van der Waals surface area contributed by atoms with E-state index in [0.29, 0.717) is 17.5 Å². The molecule has 8 aromatic carbocycles. The molecule has 0 bridgehead atoms. The molecule has 57 heavy (non-hydrogen) atoms. The summed E-state index contributed by atoms with van der Waals surface area (Å²) in [6.45, 7) is 0. The molecule has 12 aromatic rings. The molecule has 0 unspecified atom stereocenters. The summed E-state index contributed by atoms with van der Waals surface area (Å²) in [6.07, 6.45) is 0. The summed E-state index contributed by atoms with van der Waals surface area (Å²) in [6, 6.07) is 63.7. The standard InChI is InChI=1S/C51H30N4OS/c1-3-14-31(15-4-1)49-52-50(32-16-5-2-6-17-32)54-51(53-49)41-25-12-21-37-36-20-11-22-38(46(36)56-47(37)41)39-23-13-24-40-42-30-33(28-29-45(42)57-48(39)40)55-43-26-9-7-18-34(43)35-19-8-10-27-44(35)55/h1-30H. The van der Waals surface area contributed by atoms with Crippen LogP contribution in [0, 0.1) is 0 Å². The summed E-state index contributed by atoms with van der Waals surface area (Å²) in [7, 11) is 0. The minimum atomic E-state index is 0.569. The van der Waals surface area contributed by atoms with Crippen molar-refractivity contribution in [3.05, 3.63) is 182 Å². The van der Waals surface area contributed by atoms with E-state index >= 15 is 0 Å². The van der Waals surface area contributed by atoms with E-state index in [1.165, 1.54) is 42.0 Å². The molecule has 12 rings (SSSR count). The Morgan fingerprint density at radius 1 is 0.386 bits per heavy atom. The number of aromatic nitrogens is 4. The zero-order valence-electron chi connectivity index (χ0n) is 30.4. The van der Waals surface area contributed by atoms with Crippen molar-refractivity contribution in [2.24, 2.45) is 0 Å². The van der Waals surface area contributed by atoms with Gasteiger partial charge in [-0.15, -0.1) is 11.3 Å². The molecule has 4 heterocycles. The minimum Gasteiger partial charge on any atom is -0.455 e. The Balaban J connectivity index is 1.04. The van der Waals surface area contributed by atoms with Gasteiger partial charge in [-0.25, -0.2) is 15.0 Å². The number of benzene rings is 8. The van der Waals surface area contributed by atoms with Gasteiger partial charge in [0.05, 0.1) is 16.6 Å². The van der Waals surface area contributed by atoms with Crippen LogP contribution in [0.2, 0.25) is 0 Å². The third-order valence-electron chi connectivity index (χ3n) is 11.1. The number of fused-ring (bicyclic) bond motifs is 9. The molecule has 0 aliphatic carbocycles. The topological polar surface area (TPSA) is 56.7 Å². The normalized spacial score (nSPS) is 11.9. The average Bonchev–Trinajstić information content (AvgIpc) is 3.96. The molecule has 0 aliphatic heterocycles. The monoisotopic (exact) mass is 746 g/mol. The molecule has 0 N–H and O–H groups in total. The Morgan fingerprint density at radius 3 is 1.54 bits per heavy atom. The van der Waals surface area contributed by atoms with Crippen molar-refractivity contribution in [3.8, 4) is 51.0 Å². The number of thiophene rings is 1. The van der Waals surface area contributed by atoms with Crippen molar-refractivity contribution in [2.75, 3.05) is 0 Å². The lowest BCUT2D eigenvalue weighted by Gasteiger charge is -2.08. The number of furan rings is 1. The van der Waals surface area contributed by atoms with Crippen LogP contribution in [-0.4, -0.2) is 19.5 Å². The van der Waals surface area contributed by atoms with Gasteiger partial charge in [0.2, 0.25) is 0 Å². The lowest BCUT2D eigenvalue weighted by atomic mass is 10.00. The molecule has 0 saturated heterocycles. The second-order valence-electron chi connectivity index (χ2n) is 14.3. The largest absolute Gasteiger partial charge is 0.455 e. The van der Waals surface area contributed by atoms with Crippen LogP contribution in [0.1, 0.15) is 0 Å². The summed E-state index contributed by atoms with van der Waals surface area (Å²) < 4.78 is 11.9. The molecule has 0 saturated carbocycles. The van der Waals surface area contributed by atoms with Crippen LogP contribution < -0.4 is 0 Å². The Hall–Kier alpha value is -7.41. The highest BCUT2D eigenvalue weighted by Crippen LogP contribution is 2.45. The maximum absolute atomic E-state index is 6.99. The maximum atomic E-state index is 6.99. The van der Waals surface area contributed by atoms with Crippen molar-refractivity contribution in [2.45, 2.75) is 0 Å². The van der Waals surface area contributed by atoms with Crippen LogP contribution in [0.15, 0.2) is 186 Å². The first-order valence-corrected chi connectivity index (χ1v) is 19.8. The van der Waals surface area contributed by atoms with Gasteiger partial charge >= 0.3 is 0 Å². The molecule has 0 amide bonds. The van der Waals surface area contributed by atoms with E-state index in [9.17, 15) is 0 Å². The predicted octanol–water partition coefficient (Wildman–Crippen LogP) is 13.9. The summed E-state index contributed by atoms with van der Waals surface area (Å²) in [4.78, 5) is 15.0. The first kappa shape index (κ1) is 31.9. The highest BCUT2D eigenvalue weighted by Gasteiger charge is 2.21. The van der Waals surface area contributed by atoms with E-state index in [1.807, 2.05) is 78.1 Å². The van der Waals surface area contributed by atoms with Crippen LogP contribution >= 0.6 is 11.3 Å². The fraction of sp³-hybridized carbons (Fsp3) is 0. The number of para-hydroxylation sites is 4. The smallest absolute Gasteiger partial charge is 0.167 e. The van der Waals surface area contributed by atoms with Crippen molar-refractivity contribution in [3.63, 3.8) is 0 Å². The van der Waals surface area contributed by atoms with Crippen molar-refractivity contribution in [1.82, 2.24) is 19.5 Å². The lowest BCUT2D eigenvalue weighted by molar-refractivity contribution is 0.670. The van der Waals surface area contributed by atoms with E-state index < -0.39 is 0 Å². The summed E-state index contributed by atoms with van der Waals surface area (Å²) >= 11 is 1.83. The van der Waals surface area contributed by atoms with Crippen LogP contribution in [0.5, 0.6) is 0 Å². The predicted molar refractivity (Wildman–Crippen MR) is 236 cm³/mol. The first-order valence-electron chi connectivity index (χ1n) is 19.0. The molecule has 0 aliphatic rings. The van der Waals surface area contributed by atoms with Crippen LogP contribution in [0.3, 0.4) is 0 Å². The molecule has 6 heteroatoms. The minimum absolute atomic E-state index is 0.569. The molecule has 266 valence electrons. The van der Waals surface area contributed by atoms with Gasteiger partial charge in [0.1, 0.15) is 11.2 Å². The number of nitrogens with zero attached hydrogens (tertiary/aromatic N) is 4. The van der Waals surface area contributed by atoms with Gasteiger partial charge in [-0.05, 0) is 36.4 Å². The molecule has 4 aromatic heterocycles. The highest BCUT2D eigenvalue weighted by molar-refractivity contribution is 7.26. The maximum Gasteiger partial charge on any atom is 0.167 e. The third kappa shape index (κ3) is 4.98. The molecule has 5 nitrogen and oxygen atoms in total. The Bertz CT molecular complexity index is 3420. The molecule has 0 atom stereocenters. The van der Waals surface area contributed by atoms with E-state index in [2.05, 4.69) is 120 Å². The molecule has 0 radical (unpaired) electrons. The zero-order valence-corrected chi connectivity index (χ0v) is 31.2. The number of rotatable bonds is 5. The van der Waals surface area contributed by atoms with Gasteiger partial charge in [0.15, 0.2) is 17.5 Å². The van der Waals surface area contributed by atoms with Crippen LogP contribution in [-0.2, 0) is 0 Å². The molecular formula is C51H30N4OS. The fourth-order valence-corrected chi connectivity index (χ4v) is 9.69. The number of hydrogen-bond donors (Lipinski definition) is 0. The number of hydrogen-bond acceptors (Lipinski definition) is 5. The lowest BCUT2D eigenvalue weighted by Crippen LogP contribution is -2.00. The van der Waals surface area contributed by atoms with Gasteiger partial charge in [0, 0.05) is 69.7 Å². The molecule has 0 fully saturated rings. The Kier molecular flexibility index (Phi) is 7.03. The molecule has 0 spiro atoms. The highest BCUT2D eigenvalue weighted by atomic mass is 32.1. The SMILES string of the molecule is c1ccc(-c2nc(-c3ccccc3)nc(-c3cccc4c3oc3c(-c5cccc6c5sc5ccc(-n7c8ccccc8c8ccccc87)cc56)cccc34)n2)cc1. The first-order chi connectivity index (χ1) is 28.3. The van der Waals surface area contributed by atoms with Crippen LogP contribution in [0.25, 0.3) is 115 Å². The van der Waals surface area contributed by atoms with Gasteiger partial charge in [-0.3, -0.25) is 0 Å². The van der Waals surface area contributed by atoms with Crippen LogP contribution in [0.4, 0.5) is 0 Å². The second-order valence-corrected chi connectivity index (χ2v) is 15.4. The van der Waals surface area contributed by atoms with Gasteiger partial charge < -0.3 is 8.98 Å². The van der Waals surface area contributed by atoms with Crippen molar-refractivity contribution in [1.29, 1.82) is 0 Å². The fourth-order valence-electron chi connectivity index (χ4n) is 8.48. The second kappa shape index (κ2) is 12.6. The summed E-state index contributed by atoms with van der Waals surface area (Å²) in [5, 5.41) is 7.07. The summed E-state index contributed by atoms with van der Waals surface area (Å²) in [5.41, 5.74) is 10.0. The summed E-state index contributed by atoms with van der Waals surface area (Å²) in [5.74, 6) is 1.80. The van der Waals surface area contributed by atoms with E-state index in [4.69, 9.17) is 19.4 Å². The average molecular weight is 747 g/mol. The molecular weight excluding hydrogens is 717 g/mol. The van der Waals surface area contributed by atoms with Gasteiger partial charge in [-0.1, -0.05) is 146 Å². The van der Waals surface area contributed by atoms with Gasteiger partial charge in [0.25, 0.3) is 0 Å². The van der Waals surface area contributed by atoms with Crippen molar-refractivity contribution < 1.29 is 4.42 Å². The van der Waals surface area contributed by atoms with E-state index in [1.54, 1.807) is 0 Å². The van der Waals surface area contributed by atoms with Gasteiger partial charge in [-0.2, -0.15) is 0 Å². The third-order valence-corrected chi connectivity index (χ3v) is 12.3. The van der Waals surface area contributed by atoms with Crippen molar-refractivity contribution >= 4 is 75.3 Å². The van der Waals surface area contributed by atoms with E-state index in [-0.39, 0.29) is 0 Å². The Morgan fingerprint density at radius 2 is 0.895 bits per heavy atom. The zero-order chi connectivity index (χ0) is 37.5. The van der Waals surface area contributed by atoms with E-state index in [0.717, 1.165) is 55.4 Å². The Labute approximate surface area is 330 Å².